The first-order chi connectivity index (χ1) is 10.2. The molecular formula is C13H9F2N5O. The first-order valence-corrected chi connectivity index (χ1v) is 6.10. The van der Waals surface area contributed by atoms with Gasteiger partial charge in [0.05, 0.1) is 18.7 Å². The minimum atomic E-state index is -0.709. The quantitative estimate of drug-likeness (QED) is 0.319. The second kappa shape index (κ2) is 5.26. The molecule has 2 aromatic heterocycles. The van der Waals surface area contributed by atoms with Crippen molar-refractivity contribution in [1.29, 1.82) is 0 Å². The summed E-state index contributed by atoms with van der Waals surface area (Å²) in [5, 5.41) is 3.35. The van der Waals surface area contributed by atoms with Crippen LogP contribution in [-0.2, 0) is 0 Å². The van der Waals surface area contributed by atoms with Gasteiger partial charge in [0, 0.05) is 23.2 Å². The zero-order valence-electron chi connectivity index (χ0n) is 10.7. The Morgan fingerprint density at radius 2 is 2.24 bits per heavy atom. The number of hydrogen-bond donors (Lipinski definition) is 0. The molecule has 0 fully saturated rings. The van der Waals surface area contributed by atoms with Crippen molar-refractivity contribution in [3.8, 4) is 5.88 Å². The molecule has 21 heavy (non-hydrogen) atoms. The number of aromatic nitrogens is 2. The summed E-state index contributed by atoms with van der Waals surface area (Å²) < 4.78 is 34.2. The molecule has 0 bridgehead atoms. The molecule has 0 atom stereocenters. The van der Waals surface area contributed by atoms with Crippen molar-refractivity contribution < 1.29 is 13.5 Å². The Morgan fingerprint density at radius 3 is 3.05 bits per heavy atom. The predicted molar refractivity (Wildman–Crippen MR) is 72.1 cm³/mol. The van der Waals surface area contributed by atoms with Gasteiger partial charge in [-0.25, -0.2) is 13.8 Å². The van der Waals surface area contributed by atoms with Crippen LogP contribution < -0.4 is 4.74 Å². The van der Waals surface area contributed by atoms with E-state index in [1.54, 1.807) is 22.7 Å². The van der Waals surface area contributed by atoms with Crippen LogP contribution in [0, 0.1) is 11.6 Å². The lowest BCUT2D eigenvalue weighted by Crippen LogP contribution is -2.05. The predicted octanol–water partition coefficient (Wildman–Crippen LogP) is 3.45. The highest BCUT2D eigenvalue weighted by atomic mass is 19.1. The Bertz CT molecular complexity index is 870. The van der Waals surface area contributed by atoms with Crippen LogP contribution in [0.25, 0.3) is 27.0 Å². The van der Waals surface area contributed by atoms with Crippen LogP contribution in [0.1, 0.15) is 0 Å². The van der Waals surface area contributed by atoms with Crippen molar-refractivity contribution in [1.82, 2.24) is 9.38 Å². The third kappa shape index (κ3) is 2.32. The van der Waals surface area contributed by atoms with Crippen LogP contribution in [0.4, 0.5) is 8.78 Å². The molecule has 0 aliphatic carbocycles. The van der Waals surface area contributed by atoms with Crippen LogP contribution in [-0.4, -0.2) is 22.5 Å². The number of benzene rings is 1. The number of halogens is 2. The molecule has 0 radical (unpaired) electrons. The highest BCUT2D eigenvalue weighted by Gasteiger charge is 2.13. The number of rotatable bonds is 4. The molecule has 106 valence electrons. The molecule has 0 amide bonds. The van der Waals surface area contributed by atoms with Gasteiger partial charge in [-0.15, -0.1) is 0 Å². The lowest BCUT2D eigenvalue weighted by atomic mass is 10.2. The van der Waals surface area contributed by atoms with E-state index in [1.165, 1.54) is 0 Å². The van der Waals surface area contributed by atoms with Gasteiger partial charge >= 0.3 is 0 Å². The zero-order chi connectivity index (χ0) is 14.8. The molecule has 6 nitrogen and oxygen atoms in total. The molecule has 8 heteroatoms. The van der Waals surface area contributed by atoms with Crippen LogP contribution in [0.15, 0.2) is 35.6 Å². The first-order valence-electron chi connectivity index (χ1n) is 6.10. The van der Waals surface area contributed by atoms with Crippen molar-refractivity contribution in [2.75, 3.05) is 13.2 Å². The standard InChI is InChI=1S/C13H9F2N5O/c14-8-6-9(15)12-10(7-8)18-13(21-5-3-17-19-16)11-2-1-4-20(11)12/h1-2,4,6-7H,3,5H2. The van der Waals surface area contributed by atoms with E-state index in [2.05, 4.69) is 15.0 Å². The molecule has 0 unspecified atom stereocenters. The Morgan fingerprint density at radius 1 is 1.38 bits per heavy atom. The summed E-state index contributed by atoms with van der Waals surface area (Å²) in [5.74, 6) is -1.18. The fraction of sp³-hybridized carbons (Fsp3) is 0.154. The molecule has 0 saturated heterocycles. The van der Waals surface area contributed by atoms with E-state index >= 15 is 0 Å². The average Bonchev–Trinajstić information content (AvgIpc) is 2.92. The van der Waals surface area contributed by atoms with Gasteiger partial charge in [-0.05, 0) is 17.7 Å². The highest BCUT2D eigenvalue weighted by molar-refractivity contribution is 5.81. The minimum absolute atomic E-state index is 0.126. The van der Waals surface area contributed by atoms with Gasteiger partial charge in [0.15, 0.2) is 5.82 Å². The summed E-state index contributed by atoms with van der Waals surface area (Å²) >= 11 is 0. The smallest absolute Gasteiger partial charge is 0.238 e. The number of azide groups is 1. The third-order valence-corrected chi connectivity index (χ3v) is 2.93. The normalized spacial score (nSPS) is 10.8. The van der Waals surface area contributed by atoms with Crippen molar-refractivity contribution in [3.63, 3.8) is 0 Å². The van der Waals surface area contributed by atoms with E-state index in [-0.39, 0.29) is 30.1 Å². The molecule has 0 saturated carbocycles. The summed E-state index contributed by atoms with van der Waals surface area (Å²) in [4.78, 5) is 6.75. The maximum absolute atomic E-state index is 13.9. The molecule has 1 aromatic carbocycles. The summed E-state index contributed by atoms with van der Waals surface area (Å²) in [6, 6.07) is 5.36. The first kappa shape index (κ1) is 13.1. The van der Waals surface area contributed by atoms with Gasteiger partial charge in [0.25, 0.3) is 0 Å². The lowest BCUT2D eigenvalue weighted by molar-refractivity contribution is 0.319. The molecule has 0 N–H and O–H groups in total. The highest BCUT2D eigenvalue weighted by Crippen LogP contribution is 2.26. The Labute approximate surface area is 117 Å². The van der Waals surface area contributed by atoms with Crippen molar-refractivity contribution in [2.45, 2.75) is 0 Å². The van der Waals surface area contributed by atoms with Crippen LogP contribution >= 0.6 is 0 Å². The van der Waals surface area contributed by atoms with Crippen molar-refractivity contribution >= 4 is 16.6 Å². The fourth-order valence-electron chi connectivity index (χ4n) is 2.13. The summed E-state index contributed by atoms with van der Waals surface area (Å²) in [6.45, 7) is 0.266. The lowest BCUT2D eigenvalue weighted by Gasteiger charge is -2.10. The Kier molecular flexibility index (Phi) is 3.29. The van der Waals surface area contributed by atoms with Crippen molar-refractivity contribution in [3.05, 3.63) is 52.5 Å². The van der Waals surface area contributed by atoms with Crippen molar-refractivity contribution in [2.24, 2.45) is 5.11 Å². The van der Waals surface area contributed by atoms with Crippen LogP contribution in [0.2, 0.25) is 0 Å². The number of ether oxygens (including phenoxy) is 1. The zero-order valence-corrected chi connectivity index (χ0v) is 10.7. The number of nitrogens with zero attached hydrogens (tertiary/aromatic N) is 5. The van der Waals surface area contributed by atoms with Gasteiger partial charge in [-0.2, -0.15) is 0 Å². The monoisotopic (exact) mass is 289 g/mol. The fourth-order valence-corrected chi connectivity index (χ4v) is 2.13. The van der Waals surface area contributed by atoms with E-state index in [9.17, 15) is 8.78 Å². The maximum Gasteiger partial charge on any atom is 0.238 e. The summed E-state index contributed by atoms with van der Waals surface area (Å²) in [6.07, 6.45) is 1.64. The van der Waals surface area contributed by atoms with E-state index < -0.39 is 11.6 Å². The summed E-state index contributed by atoms with van der Waals surface area (Å²) in [7, 11) is 0. The van der Waals surface area contributed by atoms with Gasteiger partial charge in [0.1, 0.15) is 16.9 Å². The van der Waals surface area contributed by atoms with Gasteiger partial charge in [-0.1, -0.05) is 5.11 Å². The van der Waals surface area contributed by atoms with E-state index in [1.807, 2.05) is 0 Å². The van der Waals surface area contributed by atoms with Crippen LogP contribution in [0.5, 0.6) is 5.88 Å². The third-order valence-electron chi connectivity index (χ3n) is 2.93. The minimum Gasteiger partial charge on any atom is -0.476 e. The molecule has 3 rings (SSSR count). The molecule has 0 spiro atoms. The van der Waals surface area contributed by atoms with E-state index in [4.69, 9.17) is 10.3 Å². The Hall–Kier alpha value is -2.86. The topological polar surface area (TPSA) is 75.3 Å². The Balaban J connectivity index is 2.14. The molecule has 3 aromatic rings. The molecule has 0 aliphatic heterocycles. The molecule has 0 aliphatic rings. The number of fused-ring (bicyclic) bond motifs is 3. The SMILES string of the molecule is [N-]=[N+]=NCCOc1nc2cc(F)cc(F)c2n2cccc12. The second-order valence-electron chi connectivity index (χ2n) is 4.24. The number of hydrogen-bond acceptors (Lipinski definition) is 3. The maximum atomic E-state index is 13.9. The second-order valence-corrected chi connectivity index (χ2v) is 4.24. The summed E-state index contributed by atoms with van der Waals surface area (Å²) in [5.41, 5.74) is 9.08. The van der Waals surface area contributed by atoms with Gasteiger partial charge in [-0.3, -0.25) is 0 Å². The van der Waals surface area contributed by atoms with E-state index in [0.717, 1.165) is 12.1 Å². The average molecular weight is 289 g/mol. The largest absolute Gasteiger partial charge is 0.476 e. The molecule has 2 heterocycles. The van der Waals surface area contributed by atoms with Gasteiger partial charge in [0.2, 0.25) is 5.88 Å². The molecular weight excluding hydrogens is 280 g/mol. The van der Waals surface area contributed by atoms with Crippen LogP contribution in [0.3, 0.4) is 0 Å². The van der Waals surface area contributed by atoms with E-state index in [0.29, 0.717) is 5.52 Å². The van der Waals surface area contributed by atoms with Gasteiger partial charge < -0.3 is 9.14 Å².